The summed E-state index contributed by atoms with van der Waals surface area (Å²) >= 11 is 1.15. The van der Waals surface area contributed by atoms with Crippen LogP contribution in [0.5, 0.6) is 0 Å². The molecule has 0 fully saturated rings. The highest BCUT2D eigenvalue weighted by Crippen LogP contribution is 2.50. The number of methoxy groups -OCH3 is 1. The van der Waals surface area contributed by atoms with Crippen molar-refractivity contribution >= 4 is 28.9 Å². The molecular formula is C25H30F2N4O4S. The van der Waals surface area contributed by atoms with Crippen LogP contribution in [0.4, 0.5) is 18.4 Å². The van der Waals surface area contributed by atoms with Gasteiger partial charge in [-0.05, 0) is 57.4 Å². The van der Waals surface area contributed by atoms with E-state index in [2.05, 4.69) is 15.7 Å². The third-order valence-corrected chi connectivity index (χ3v) is 6.55. The fraction of sp³-hybridized carbons (Fsp3) is 0.400. The van der Waals surface area contributed by atoms with Crippen molar-refractivity contribution < 1.29 is 27.8 Å². The molecule has 11 heteroatoms. The van der Waals surface area contributed by atoms with Crippen molar-refractivity contribution in [3.63, 3.8) is 0 Å². The van der Waals surface area contributed by atoms with Crippen molar-refractivity contribution in [2.24, 2.45) is 5.10 Å². The van der Waals surface area contributed by atoms with Crippen LogP contribution in [0.25, 0.3) is 0 Å². The van der Waals surface area contributed by atoms with Crippen LogP contribution < -0.4 is 10.6 Å². The van der Waals surface area contributed by atoms with E-state index in [1.807, 2.05) is 30.3 Å². The average molecular weight is 521 g/mol. The number of nitrogens with one attached hydrogen (secondary N) is 2. The number of nitrogens with zero attached hydrogens (tertiary/aromatic N) is 2. The van der Waals surface area contributed by atoms with E-state index in [-0.39, 0.29) is 23.9 Å². The zero-order valence-electron chi connectivity index (χ0n) is 20.6. The van der Waals surface area contributed by atoms with Gasteiger partial charge in [-0.3, -0.25) is 0 Å². The maximum absolute atomic E-state index is 14.7. The Morgan fingerprint density at radius 2 is 1.83 bits per heavy atom. The second-order valence-electron chi connectivity index (χ2n) is 9.04. The molecule has 1 atom stereocenters. The summed E-state index contributed by atoms with van der Waals surface area (Å²) in [4.78, 5) is 24.2. The van der Waals surface area contributed by atoms with Gasteiger partial charge in [0.15, 0.2) is 0 Å². The minimum atomic E-state index is -1.09. The van der Waals surface area contributed by atoms with Crippen molar-refractivity contribution in [3.05, 3.63) is 71.3 Å². The number of amides is 3. The van der Waals surface area contributed by atoms with E-state index in [9.17, 15) is 18.4 Å². The summed E-state index contributed by atoms with van der Waals surface area (Å²) in [5.74, 6) is -1.28. The van der Waals surface area contributed by atoms with E-state index >= 15 is 0 Å². The highest BCUT2D eigenvalue weighted by Gasteiger charge is 2.48. The van der Waals surface area contributed by atoms with Gasteiger partial charge in [0.25, 0.3) is 0 Å². The lowest BCUT2D eigenvalue weighted by Crippen LogP contribution is -2.47. The molecule has 194 valence electrons. The van der Waals surface area contributed by atoms with Gasteiger partial charge < -0.3 is 20.1 Å². The number of rotatable bonds is 8. The first kappa shape index (κ1) is 27.4. The normalized spacial score (nSPS) is 17.5. The molecule has 36 heavy (non-hydrogen) atoms. The zero-order chi connectivity index (χ0) is 26.3. The number of urea groups is 1. The summed E-state index contributed by atoms with van der Waals surface area (Å²) in [5, 5.41) is 11.2. The Morgan fingerprint density at radius 1 is 1.11 bits per heavy atom. The van der Waals surface area contributed by atoms with Gasteiger partial charge >= 0.3 is 12.1 Å². The second kappa shape index (κ2) is 11.7. The van der Waals surface area contributed by atoms with E-state index in [1.165, 1.54) is 12.1 Å². The summed E-state index contributed by atoms with van der Waals surface area (Å²) in [6, 6.07) is 11.7. The van der Waals surface area contributed by atoms with Crippen LogP contribution in [0.3, 0.4) is 0 Å². The molecule has 1 aliphatic rings. The fourth-order valence-electron chi connectivity index (χ4n) is 3.60. The summed E-state index contributed by atoms with van der Waals surface area (Å²) < 4.78 is 38.9. The van der Waals surface area contributed by atoms with E-state index in [4.69, 9.17) is 9.47 Å². The number of hydrogen-bond donors (Lipinski definition) is 2. The molecule has 0 saturated heterocycles. The lowest BCUT2D eigenvalue weighted by molar-refractivity contribution is 0.0524. The average Bonchev–Trinajstić information content (AvgIpc) is 3.22. The Bertz CT molecular complexity index is 1110. The molecule has 8 nitrogen and oxygen atoms in total. The molecule has 0 spiro atoms. The van der Waals surface area contributed by atoms with Gasteiger partial charge in [-0.1, -0.05) is 42.1 Å². The molecule has 1 unspecified atom stereocenters. The number of benzene rings is 2. The predicted octanol–water partition coefficient (Wildman–Crippen LogP) is 5.15. The molecule has 3 rings (SSSR count). The fourth-order valence-corrected chi connectivity index (χ4v) is 5.02. The lowest BCUT2D eigenvalue weighted by atomic mass is 10.0. The number of alkyl carbamates (subject to hydrolysis) is 1. The van der Waals surface area contributed by atoms with E-state index in [0.717, 1.165) is 35.5 Å². The third kappa shape index (κ3) is 6.73. The summed E-state index contributed by atoms with van der Waals surface area (Å²) in [7, 11) is 1.43. The van der Waals surface area contributed by atoms with Crippen LogP contribution in [0.1, 0.15) is 44.7 Å². The predicted molar refractivity (Wildman–Crippen MR) is 134 cm³/mol. The number of thioether (sulfide) groups is 1. The molecule has 0 bridgehead atoms. The van der Waals surface area contributed by atoms with Crippen LogP contribution in [0.2, 0.25) is 0 Å². The maximum Gasteiger partial charge on any atom is 0.407 e. The van der Waals surface area contributed by atoms with Crippen LogP contribution in [0.15, 0.2) is 53.6 Å². The molecule has 1 aliphatic heterocycles. The molecular weight excluding hydrogens is 490 g/mol. The minimum Gasteiger partial charge on any atom is -0.444 e. The minimum absolute atomic E-state index is 0.0470. The summed E-state index contributed by atoms with van der Waals surface area (Å²) in [5.41, 5.74) is 0.0506. The molecule has 2 N–H and O–H groups in total. The first-order valence-corrected chi connectivity index (χ1v) is 12.2. The third-order valence-electron chi connectivity index (χ3n) is 5.10. The molecule has 0 aliphatic carbocycles. The van der Waals surface area contributed by atoms with Crippen LogP contribution >= 0.6 is 11.8 Å². The van der Waals surface area contributed by atoms with Gasteiger partial charge in [-0.2, -0.15) is 10.1 Å². The highest BCUT2D eigenvalue weighted by molar-refractivity contribution is 8.15. The van der Waals surface area contributed by atoms with E-state index < -0.39 is 34.2 Å². The van der Waals surface area contributed by atoms with E-state index in [0.29, 0.717) is 12.8 Å². The first-order valence-electron chi connectivity index (χ1n) is 11.4. The molecule has 2 aromatic rings. The monoisotopic (exact) mass is 520 g/mol. The van der Waals surface area contributed by atoms with Gasteiger partial charge in [0.2, 0.25) is 0 Å². The Hall–Kier alpha value is -3.18. The van der Waals surface area contributed by atoms with Crippen molar-refractivity contribution in [1.29, 1.82) is 0 Å². The number of carbonyl (C=O) groups excluding carboxylic acids is 2. The Balaban J connectivity index is 1.93. The van der Waals surface area contributed by atoms with Gasteiger partial charge in [0.1, 0.15) is 33.9 Å². The summed E-state index contributed by atoms with van der Waals surface area (Å²) in [6.45, 7) is 5.51. The first-order chi connectivity index (χ1) is 17.1. The Kier molecular flexibility index (Phi) is 8.91. The smallest absolute Gasteiger partial charge is 0.407 e. The Morgan fingerprint density at radius 3 is 2.50 bits per heavy atom. The van der Waals surface area contributed by atoms with Crippen LogP contribution in [-0.4, -0.2) is 48.2 Å². The number of hydrogen-bond acceptors (Lipinski definition) is 6. The van der Waals surface area contributed by atoms with Crippen molar-refractivity contribution in [2.75, 3.05) is 20.4 Å². The van der Waals surface area contributed by atoms with E-state index in [1.54, 1.807) is 20.8 Å². The molecule has 3 amide bonds. The quantitative estimate of drug-likeness (QED) is 0.371. The van der Waals surface area contributed by atoms with Crippen molar-refractivity contribution in [3.8, 4) is 0 Å². The standard InChI is InChI=1S/C25H30F2N4O4S/c1-24(2,3)35-23(33)28-14-8-13-25(17-9-6-5-7-10-17)31(22(32)29-16-34-4)30-21(36-25)19-15-18(26)11-12-20(19)27/h5-7,9-12,15H,8,13-14,16H2,1-4H3,(H,28,33)(H,29,32). The molecule has 0 radical (unpaired) electrons. The van der Waals surface area contributed by atoms with Gasteiger partial charge in [-0.15, -0.1) is 0 Å². The van der Waals surface area contributed by atoms with Gasteiger partial charge in [0.05, 0.1) is 0 Å². The van der Waals surface area contributed by atoms with Gasteiger partial charge in [0, 0.05) is 19.2 Å². The number of carbonyl (C=O) groups is 2. The molecule has 1 heterocycles. The number of ether oxygens (including phenoxy) is 2. The van der Waals surface area contributed by atoms with Crippen molar-refractivity contribution in [2.45, 2.75) is 44.1 Å². The molecule has 2 aromatic carbocycles. The lowest BCUT2D eigenvalue weighted by Gasteiger charge is -2.36. The highest BCUT2D eigenvalue weighted by atomic mass is 32.2. The maximum atomic E-state index is 14.7. The molecule has 0 saturated carbocycles. The summed E-state index contributed by atoms with van der Waals surface area (Å²) in [6.07, 6.45) is 0.217. The van der Waals surface area contributed by atoms with Crippen molar-refractivity contribution in [1.82, 2.24) is 15.6 Å². The Labute approximate surface area is 213 Å². The van der Waals surface area contributed by atoms with Crippen LogP contribution in [0, 0.1) is 11.6 Å². The van der Waals surface area contributed by atoms with Crippen LogP contribution in [-0.2, 0) is 14.3 Å². The SMILES string of the molecule is COCNC(=O)N1N=C(c2cc(F)ccc2F)SC1(CCCNC(=O)OC(C)(C)C)c1ccccc1. The largest absolute Gasteiger partial charge is 0.444 e. The number of halogens is 2. The second-order valence-corrected chi connectivity index (χ2v) is 10.3. The zero-order valence-corrected chi connectivity index (χ0v) is 21.5. The number of hydrazone groups is 1. The van der Waals surface area contributed by atoms with Gasteiger partial charge in [-0.25, -0.2) is 18.4 Å². The topological polar surface area (TPSA) is 92.3 Å². The molecule has 0 aromatic heterocycles.